The number of piperidine rings is 1. The summed E-state index contributed by atoms with van der Waals surface area (Å²) >= 11 is 0. The van der Waals surface area contributed by atoms with Crippen molar-refractivity contribution in [2.45, 2.75) is 168 Å². The van der Waals surface area contributed by atoms with E-state index >= 15 is 0 Å². The van der Waals surface area contributed by atoms with E-state index in [2.05, 4.69) is 10.6 Å². The van der Waals surface area contributed by atoms with E-state index in [0.717, 1.165) is 37.7 Å². The summed E-state index contributed by atoms with van der Waals surface area (Å²) in [6.45, 7) is 10.9. The van der Waals surface area contributed by atoms with E-state index in [-0.39, 0.29) is 68.9 Å². The Hall–Kier alpha value is -7.03. The number of ketones is 1. The Labute approximate surface area is 496 Å². The van der Waals surface area contributed by atoms with Crippen molar-refractivity contribution in [1.29, 1.82) is 0 Å². The molecule has 3 aliphatic rings. The molecule has 5 atom stereocenters. The molecule has 1 saturated heterocycles. The highest BCUT2D eigenvalue weighted by Crippen LogP contribution is 2.33. The molecule has 21 nitrogen and oxygen atoms in total. The predicted molar refractivity (Wildman–Crippen MR) is 314 cm³/mol. The van der Waals surface area contributed by atoms with Crippen LogP contribution in [0.4, 0.5) is 0 Å². The van der Waals surface area contributed by atoms with Crippen LogP contribution in [0.25, 0.3) is 0 Å². The maximum absolute atomic E-state index is 14.6. The highest BCUT2D eigenvalue weighted by atomic mass is 16.5. The topological polar surface area (TPSA) is 246 Å². The van der Waals surface area contributed by atoms with Crippen LogP contribution in [0.5, 0.6) is 17.2 Å². The van der Waals surface area contributed by atoms with Gasteiger partial charge in [0.15, 0.2) is 18.1 Å². The first-order chi connectivity index (χ1) is 39.7. The summed E-state index contributed by atoms with van der Waals surface area (Å²) in [4.78, 5) is 132. The summed E-state index contributed by atoms with van der Waals surface area (Å²) in [7, 11) is 7.55. The van der Waals surface area contributed by atoms with Crippen molar-refractivity contribution in [2.75, 3.05) is 74.8 Å². The number of hydrogen-bond donors (Lipinski definition) is 2. The number of benzene rings is 2. The molecule has 0 unspecified atom stereocenters. The standard InChI is InChI=1S/C63H92N6O15/c1-41(2)33-46-59(76)68(10)49(38-83-62(3,4)5)57(74)65-47(34-42-21-14-13-15-22-42)58(75)66(8)31-18-17-26-55(72)82-40-63(6,7)56(73)60(77)69-32-19-16-25-48(69)61(78)84-50(29-27-43-28-30-51(79-11)52(35-43)80-12)44-23-20-24-45(36-44)81-39-54(71)67(9)37-53(70)64-46/h17,20,23-24,26,28,30,35-36,41-42,46-50H,13-16,18-19,21-22,25,27,29,31-34,37-40H2,1-12H3,(H,64,70)(H,65,74)/b26-17-/t46-,47+,48+,49+,50-/m1/s1. The Morgan fingerprint density at radius 3 is 2.15 bits per heavy atom. The van der Waals surface area contributed by atoms with E-state index in [9.17, 15) is 43.2 Å². The van der Waals surface area contributed by atoms with Crippen molar-refractivity contribution < 1.29 is 71.6 Å². The molecule has 2 aromatic rings. The molecule has 6 amide bonds. The lowest BCUT2D eigenvalue weighted by Crippen LogP contribution is -2.59. The molecule has 0 aromatic heterocycles. The molecule has 21 heteroatoms. The van der Waals surface area contributed by atoms with Crippen LogP contribution in [0.2, 0.25) is 0 Å². The van der Waals surface area contributed by atoms with Crippen LogP contribution in [-0.2, 0) is 63.8 Å². The number of likely N-dealkylation sites (N-methyl/N-ethyl adjacent to an activating group) is 3. The molecular weight excluding hydrogens is 1080 g/mol. The number of cyclic esters (lactones) is 2. The Morgan fingerprint density at radius 1 is 0.774 bits per heavy atom. The van der Waals surface area contributed by atoms with Crippen molar-refractivity contribution in [3.05, 3.63) is 65.7 Å². The molecule has 2 bridgehead atoms. The van der Waals surface area contributed by atoms with Crippen LogP contribution in [0.15, 0.2) is 54.6 Å². The molecule has 1 aliphatic carbocycles. The fraction of sp³-hybridized carbons (Fsp3) is 0.635. The van der Waals surface area contributed by atoms with Crippen LogP contribution in [0.1, 0.15) is 143 Å². The lowest BCUT2D eigenvalue weighted by atomic mass is 9.84. The molecular formula is C63H92N6O15. The van der Waals surface area contributed by atoms with E-state index in [1.54, 1.807) is 37.4 Å². The number of rotatable bonds is 11. The van der Waals surface area contributed by atoms with Crippen molar-refractivity contribution >= 4 is 53.2 Å². The van der Waals surface area contributed by atoms with Gasteiger partial charge in [-0.3, -0.25) is 33.6 Å². The minimum atomic E-state index is -1.49. The Bertz CT molecular complexity index is 2640. The fourth-order valence-corrected chi connectivity index (χ4v) is 10.5. The third-order valence-electron chi connectivity index (χ3n) is 15.5. The number of ether oxygens (including phenoxy) is 6. The first-order valence-corrected chi connectivity index (χ1v) is 29.5. The number of carbonyl (C=O) groups excluding carboxylic acids is 9. The van der Waals surface area contributed by atoms with Crippen LogP contribution >= 0.6 is 0 Å². The number of amides is 6. The van der Waals surface area contributed by atoms with Gasteiger partial charge in [-0.25, -0.2) is 9.59 Å². The van der Waals surface area contributed by atoms with Gasteiger partial charge in [-0.1, -0.05) is 70.2 Å². The van der Waals surface area contributed by atoms with Gasteiger partial charge in [-0.15, -0.1) is 0 Å². The van der Waals surface area contributed by atoms with Crippen LogP contribution in [0, 0.1) is 17.3 Å². The molecule has 0 radical (unpaired) electrons. The van der Waals surface area contributed by atoms with E-state index in [1.807, 2.05) is 46.8 Å². The quantitative estimate of drug-likeness (QED) is 0.185. The van der Waals surface area contributed by atoms with Crippen LogP contribution in [-0.4, -0.2) is 177 Å². The molecule has 1 saturated carbocycles. The van der Waals surface area contributed by atoms with E-state index in [1.165, 1.54) is 73.9 Å². The number of nitrogens with one attached hydrogen (secondary N) is 2. The molecule has 0 spiro atoms. The van der Waals surface area contributed by atoms with Crippen LogP contribution < -0.4 is 24.8 Å². The summed E-state index contributed by atoms with van der Waals surface area (Å²) in [5, 5.41) is 5.80. The lowest BCUT2D eigenvalue weighted by molar-refractivity contribution is -0.165. The molecule has 2 heterocycles. The number of nitrogens with zero attached hydrogens (tertiary/aromatic N) is 4. The number of esters is 2. The molecule has 2 N–H and O–H groups in total. The van der Waals surface area contributed by atoms with Crippen molar-refractivity contribution in [3.63, 3.8) is 0 Å². The van der Waals surface area contributed by atoms with Gasteiger partial charge in [0, 0.05) is 40.3 Å². The monoisotopic (exact) mass is 1170 g/mol. The molecule has 2 aromatic carbocycles. The highest BCUT2D eigenvalue weighted by molar-refractivity contribution is 6.38. The number of fused-ring (bicyclic) bond motifs is 3. The summed E-state index contributed by atoms with van der Waals surface area (Å²) < 4.78 is 34.9. The molecule has 84 heavy (non-hydrogen) atoms. The zero-order chi connectivity index (χ0) is 61.9. The SMILES string of the molecule is COc1ccc(CC[C@H]2OC(=O)[C@@H]3CCCCN3C(=O)C(=O)C(C)(C)COC(=O)/C=C\CCN(C)C(=O)[C@H](CC3CCCCC3)NC(=O)[C@H](COC(C)(C)C)N(C)C(=O)[C@@H](CC(C)C)NC(=O)CN(C)C(=O)COc3cccc2c3)cc1OC. The second kappa shape index (κ2) is 31.7. The number of Topliss-reactive ketones (excluding diaryl/α,β-unsaturated/α-hetero) is 1. The number of methoxy groups -OCH3 is 2. The highest BCUT2D eigenvalue weighted by Gasteiger charge is 2.43. The zero-order valence-electron chi connectivity index (χ0n) is 51.6. The summed E-state index contributed by atoms with van der Waals surface area (Å²) in [5.41, 5.74) is -0.866. The average Bonchev–Trinajstić information content (AvgIpc) is 3.57. The van der Waals surface area contributed by atoms with Gasteiger partial charge < -0.3 is 58.7 Å². The van der Waals surface area contributed by atoms with Gasteiger partial charge in [-0.05, 0) is 133 Å². The zero-order valence-corrected chi connectivity index (χ0v) is 51.6. The Balaban J connectivity index is 1.47. The van der Waals surface area contributed by atoms with Gasteiger partial charge in [0.25, 0.3) is 11.8 Å². The van der Waals surface area contributed by atoms with Gasteiger partial charge in [0.05, 0.1) is 38.4 Å². The molecule has 464 valence electrons. The van der Waals surface area contributed by atoms with E-state index < -0.39 is 108 Å². The third-order valence-corrected chi connectivity index (χ3v) is 15.5. The Morgan fingerprint density at radius 2 is 1.48 bits per heavy atom. The largest absolute Gasteiger partial charge is 0.493 e. The first-order valence-electron chi connectivity index (χ1n) is 29.5. The van der Waals surface area contributed by atoms with Crippen molar-refractivity contribution in [2.24, 2.45) is 17.3 Å². The minimum Gasteiger partial charge on any atom is -0.493 e. The van der Waals surface area contributed by atoms with E-state index in [0.29, 0.717) is 42.7 Å². The second-order valence-electron chi connectivity index (χ2n) is 24.5. The number of hydrogen-bond acceptors (Lipinski definition) is 15. The minimum absolute atomic E-state index is 0.0910. The maximum Gasteiger partial charge on any atom is 0.330 e. The van der Waals surface area contributed by atoms with Crippen LogP contribution in [0.3, 0.4) is 0 Å². The summed E-state index contributed by atoms with van der Waals surface area (Å²) in [5.74, 6) is -4.69. The predicted octanol–water partition coefficient (Wildman–Crippen LogP) is 6.32. The lowest BCUT2D eigenvalue weighted by Gasteiger charge is -2.36. The Kier molecular flexibility index (Phi) is 25.6. The van der Waals surface area contributed by atoms with Crippen molar-refractivity contribution in [3.8, 4) is 17.2 Å². The molecule has 5 rings (SSSR count). The van der Waals surface area contributed by atoms with Crippen molar-refractivity contribution in [1.82, 2.24) is 30.2 Å². The van der Waals surface area contributed by atoms with Gasteiger partial charge in [0.1, 0.15) is 42.6 Å². The smallest absolute Gasteiger partial charge is 0.330 e. The number of carbonyl (C=O) groups is 9. The molecule has 2 fully saturated rings. The second-order valence-corrected chi connectivity index (χ2v) is 24.5. The number of aryl methyl sites for hydroxylation is 1. The summed E-state index contributed by atoms with van der Waals surface area (Å²) in [6, 6.07) is 7.71. The first kappa shape index (κ1) is 67.8. The van der Waals surface area contributed by atoms with Gasteiger partial charge in [0.2, 0.25) is 29.4 Å². The third kappa shape index (κ3) is 20.4. The van der Waals surface area contributed by atoms with Gasteiger partial charge >= 0.3 is 11.9 Å². The maximum atomic E-state index is 14.6. The molecule has 2 aliphatic heterocycles. The van der Waals surface area contributed by atoms with Gasteiger partial charge in [-0.2, -0.15) is 0 Å². The van der Waals surface area contributed by atoms with E-state index in [4.69, 9.17) is 28.4 Å². The normalized spacial score (nSPS) is 23.8. The average molecular weight is 1170 g/mol. The fourth-order valence-electron chi connectivity index (χ4n) is 10.5. The summed E-state index contributed by atoms with van der Waals surface area (Å²) in [6.07, 6.45) is 9.39.